The fraction of sp³-hybridized carbons (Fsp3) is 0.500. The minimum Gasteiger partial charge on any atom is -0.378 e. The van der Waals surface area contributed by atoms with Gasteiger partial charge in [-0.2, -0.15) is 4.98 Å². The molecule has 6 heteroatoms. The van der Waals surface area contributed by atoms with Crippen molar-refractivity contribution in [1.29, 1.82) is 0 Å². The number of hydrogen-bond acceptors (Lipinski definition) is 6. The van der Waals surface area contributed by atoms with E-state index in [9.17, 15) is 0 Å². The van der Waals surface area contributed by atoms with E-state index >= 15 is 0 Å². The fourth-order valence-electron chi connectivity index (χ4n) is 1.88. The second-order valence-corrected chi connectivity index (χ2v) is 4.11. The molecule has 98 valence electrons. The number of hydrazine groups is 1. The number of aromatic nitrogens is 2. The number of nitrogens with zero attached hydrogens (tertiary/aromatic N) is 3. The van der Waals surface area contributed by atoms with Gasteiger partial charge in [-0.05, 0) is 12.8 Å². The molecule has 1 aliphatic rings. The second kappa shape index (κ2) is 6.32. The smallest absolute Gasteiger partial charge is 0.239 e. The van der Waals surface area contributed by atoms with Gasteiger partial charge in [-0.25, -0.2) is 10.8 Å². The average molecular weight is 249 g/mol. The molecule has 0 unspecified atom stereocenters. The molecule has 1 aromatic heterocycles. The van der Waals surface area contributed by atoms with Crippen LogP contribution < -0.4 is 16.2 Å². The van der Waals surface area contributed by atoms with Crippen molar-refractivity contribution >= 4 is 11.8 Å². The van der Waals surface area contributed by atoms with Crippen LogP contribution in [0.15, 0.2) is 18.7 Å². The average Bonchev–Trinajstić information content (AvgIpc) is 2.45. The van der Waals surface area contributed by atoms with E-state index < -0.39 is 0 Å². The van der Waals surface area contributed by atoms with Crippen LogP contribution in [0.1, 0.15) is 12.1 Å². The number of ether oxygens (including phenoxy) is 1. The van der Waals surface area contributed by atoms with Gasteiger partial charge >= 0.3 is 0 Å². The van der Waals surface area contributed by atoms with Crippen molar-refractivity contribution in [2.45, 2.75) is 12.8 Å². The zero-order valence-electron chi connectivity index (χ0n) is 10.4. The molecule has 0 saturated carbocycles. The number of aryl methyl sites for hydroxylation is 1. The second-order valence-electron chi connectivity index (χ2n) is 4.11. The number of rotatable bonds is 5. The minimum absolute atomic E-state index is 0.457. The van der Waals surface area contributed by atoms with E-state index in [2.05, 4.69) is 26.9 Å². The van der Waals surface area contributed by atoms with Crippen LogP contribution in [0, 0.1) is 0 Å². The van der Waals surface area contributed by atoms with Gasteiger partial charge in [0.2, 0.25) is 5.95 Å². The standard InChI is InChI=1S/C12H19N5O/c1-2-3-4-10-9-11(15-12(14-10)16-13)17-5-7-18-8-6-17/h2,9H,1,3-8,13H2,(H,14,15,16). The van der Waals surface area contributed by atoms with Crippen LogP contribution in [0.3, 0.4) is 0 Å². The zero-order valence-corrected chi connectivity index (χ0v) is 10.4. The third-order valence-corrected chi connectivity index (χ3v) is 2.83. The highest BCUT2D eigenvalue weighted by Crippen LogP contribution is 2.17. The number of nitrogen functional groups attached to an aromatic ring is 1. The van der Waals surface area contributed by atoms with Crippen LogP contribution in [0.2, 0.25) is 0 Å². The Balaban J connectivity index is 2.19. The summed E-state index contributed by atoms with van der Waals surface area (Å²) in [4.78, 5) is 10.9. The lowest BCUT2D eigenvalue weighted by molar-refractivity contribution is 0.122. The van der Waals surface area contributed by atoms with Gasteiger partial charge in [-0.3, -0.25) is 5.43 Å². The van der Waals surface area contributed by atoms with Gasteiger partial charge in [-0.1, -0.05) is 6.08 Å². The molecule has 6 nitrogen and oxygen atoms in total. The molecule has 18 heavy (non-hydrogen) atoms. The Hall–Kier alpha value is -1.66. The Morgan fingerprint density at radius 1 is 1.44 bits per heavy atom. The van der Waals surface area contributed by atoms with Gasteiger partial charge in [-0.15, -0.1) is 6.58 Å². The molecule has 0 aromatic carbocycles. The molecule has 0 aliphatic carbocycles. The van der Waals surface area contributed by atoms with Gasteiger partial charge in [0.25, 0.3) is 0 Å². The Kier molecular flexibility index (Phi) is 4.49. The highest BCUT2D eigenvalue weighted by atomic mass is 16.5. The lowest BCUT2D eigenvalue weighted by atomic mass is 10.2. The van der Waals surface area contributed by atoms with Crippen LogP contribution in [0.5, 0.6) is 0 Å². The molecule has 0 amide bonds. The molecule has 3 N–H and O–H groups in total. The number of allylic oxidation sites excluding steroid dienone is 1. The highest BCUT2D eigenvalue weighted by molar-refractivity contribution is 5.45. The Bertz CT molecular complexity index is 403. The summed E-state index contributed by atoms with van der Waals surface area (Å²) in [5.41, 5.74) is 3.49. The molecule has 1 fully saturated rings. The molecule has 0 atom stereocenters. The summed E-state index contributed by atoms with van der Waals surface area (Å²) in [6.45, 7) is 6.89. The summed E-state index contributed by atoms with van der Waals surface area (Å²) >= 11 is 0. The van der Waals surface area contributed by atoms with Gasteiger partial charge in [0.15, 0.2) is 0 Å². The lowest BCUT2D eigenvalue weighted by Crippen LogP contribution is -2.37. The number of morpholine rings is 1. The first-order valence-corrected chi connectivity index (χ1v) is 6.11. The largest absolute Gasteiger partial charge is 0.378 e. The van der Waals surface area contributed by atoms with Gasteiger partial charge in [0.1, 0.15) is 5.82 Å². The minimum atomic E-state index is 0.457. The lowest BCUT2D eigenvalue weighted by Gasteiger charge is -2.28. The van der Waals surface area contributed by atoms with Crippen molar-refractivity contribution < 1.29 is 4.74 Å². The fourth-order valence-corrected chi connectivity index (χ4v) is 1.88. The Morgan fingerprint density at radius 3 is 2.89 bits per heavy atom. The van der Waals surface area contributed by atoms with Crippen molar-refractivity contribution in [3.8, 4) is 0 Å². The van der Waals surface area contributed by atoms with Crippen LogP contribution in [0.4, 0.5) is 11.8 Å². The van der Waals surface area contributed by atoms with E-state index in [0.29, 0.717) is 5.95 Å². The summed E-state index contributed by atoms with van der Waals surface area (Å²) in [5.74, 6) is 6.77. The van der Waals surface area contributed by atoms with Crippen molar-refractivity contribution in [3.05, 3.63) is 24.4 Å². The third kappa shape index (κ3) is 3.18. The summed E-state index contributed by atoms with van der Waals surface area (Å²) in [7, 11) is 0. The van der Waals surface area contributed by atoms with Crippen molar-refractivity contribution in [1.82, 2.24) is 9.97 Å². The molecule has 2 rings (SSSR count). The van der Waals surface area contributed by atoms with E-state index in [4.69, 9.17) is 10.6 Å². The SMILES string of the molecule is C=CCCc1cc(N2CCOCC2)nc(NN)n1. The molecule has 0 spiro atoms. The monoisotopic (exact) mass is 249 g/mol. The molecule has 1 aliphatic heterocycles. The van der Waals surface area contributed by atoms with Crippen molar-refractivity contribution in [2.24, 2.45) is 5.84 Å². The maximum Gasteiger partial charge on any atom is 0.239 e. The van der Waals surface area contributed by atoms with Gasteiger partial charge < -0.3 is 9.64 Å². The summed E-state index contributed by atoms with van der Waals surface area (Å²) < 4.78 is 5.33. The molecular weight excluding hydrogens is 230 g/mol. The molecular formula is C12H19N5O. The Labute approximate surface area is 107 Å². The zero-order chi connectivity index (χ0) is 12.8. The van der Waals surface area contributed by atoms with Gasteiger partial charge in [0.05, 0.1) is 13.2 Å². The quantitative estimate of drug-likeness (QED) is 0.455. The van der Waals surface area contributed by atoms with E-state index in [1.165, 1.54) is 0 Å². The first-order chi connectivity index (χ1) is 8.83. The maximum atomic E-state index is 5.41. The molecule has 0 bridgehead atoms. The number of nitrogens with one attached hydrogen (secondary N) is 1. The van der Waals surface area contributed by atoms with Crippen molar-refractivity contribution in [3.63, 3.8) is 0 Å². The Morgan fingerprint density at radius 2 is 2.22 bits per heavy atom. The number of nitrogens with two attached hydrogens (primary N) is 1. The predicted molar refractivity (Wildman–Crippen MR) is 71.4 cm³/mol. The van der Waals surface area contributed by atoms with E-state index in [1.807, 2.05) is 12.1 Å². The van der Waals surface area contributed by atoms with Crippen LogP contribution in [-0.4, -0.2) is 36.3 Å². The maximum absolute atomic E-state index is 5.41. The van der Waals surface area contributed by atoms with Crippen molar-refractivity contribution in [2.75, 3.05) is 36.6 Å². The summed E-state index contributed by atoms with van der Waals surface area (Å²) in [6, 6.07) is 2.01. The molecule has 1 saturated heterocycles. The topological polar surface area (TPSA) is 76.3 Å². The summed E-state index contributed by atoms with van der Waals surface area (Å²) in [6.07, 6.45) is 3.62. The third-order valence-electron chi connectivity index (χ3n) is 2.83. The first-order valence-electron chi connectivity index (χ1n) is 6.11. The van der Waals surface area contributed by atoms with Crippen LogP contribution in [0.25, 0.3) is 0 Å². The summed E-state index contributed by atoms with van der Waals surface area (Å²) in [5, 5.41) is 0. The van der Waals surface area contributed by atoms with Gasteiger partial charge in [0, 0.05) is 24.8 Å². The molecule has 2 heterocycles. The van der Waals surface area contributed by atoms with E-state index in [1.54, 1.807) is 0 Å². The molecule has 0 radical (unpaired) electrons. The number of anilines is 2. The van der Waals surface area contributed by atoms with Crippen LogP contribution >= 0.6 is 0 Å². The first kappa shape index (κ1) is 12.8. The number of hydrogen-bond donors (Lipinski definition) is 2. The predicted octanol–water partition coefficient (Wildman–Crippen LogP) is 0.717. The highest BCUT2D eigenvalue weighted by Gasteiger charge is 2.14. The van der Waals surface area contributed by atoms with E-state index in [0.717, 1.165) is 50.7 Å². The normalized spacial score (nSPS) is 15.5. The van der Waals surface area contributed by atoms with E-state index in [-0.39, 0.29) is 0 Å². The van der Waals surface area contributed by atoms with Crippen LogP contribution in [-0.2, 0) is 11.2 Å². The molecule has 1 aromatic rings.